The molecule has 0 spiro atoms. The molecular formula is C28H19N. The number of hydrogen-bond acceptors (Lipinski definition) is 1. The van der Waals surface area contributed by atoms with Crippen LogP contribution in [0.15, 0.2) is 103 Å². The third kappa shape index (κ3) is 2.28. The van der Waals surface area contributed by atoms with Crippen molar-refractivity contribution in [2.75, 3.05) is 5.73 Å². The van der Waals surface area contributed by atoms with Crippen LogP contribution in [0.3, 0.4) is 0 Å². The summed E-state index contributed by atoms with van der Waals surface area (Å²) < 4.78 is 0. The summed E-state index contributed by atoms with van der Waals surface area (Å²) in [6, 6.07) is 36.6. The Morgan fingerprint density at radius 2 is 0.862 bits per heavy atom. The number of hydrogen-bond donors (Lipinski definition) is 1. The Labute approximate surface area is 169 Å². The minimum atomic E-state index is 0.847. The molecule has 6 aromatic rings. The maximum absolute atomic E-state index is 6.85. The van der Waals surface area contributed by atoms with Crippen LogP contribution in [0.2, 0.25) is 0 Å². The Bertz CT molecular complexity index is 1560. The molecule has 0 saturated heterocycles. The molecule has 0 aromatic heterocycles. The number of rotatable bonds is 1. The molecule has 6 aromatic carbocycles. The van der Waals surface area contributed by atoms with E-state index in [2.05, 4.69) is 103 Å². The molecule has 1 heteroatoms. The predicted molar refractivity (Wildman–Crippen MR) is 126 cm³/mol. The summed E-state index contributed by atoms with van der Waals surface area (Å²) in [5, 5.41) is 9.76. The van der Waals surface area contributed by atoms with E-state index in [0.29, 0.717) is 0 Å². The second-order valence-corrected chi connectivity index (χ2v) is 7.57. The van der Waals surface area contributed by atoms with Gasteiger partial charge in [-0.1, -0.05) is 97.1 Å². The fraction of sp³-hybridized carbons (Fsp3) is 0. The third-order valence-corrected chi connectivity index (χ3v) is 6.01. The molecular weight excluding hydrogens is 350 g/mol. The van der Waals surface area contributed by atoms with E-state index in [4.69, 9.17) is 5.73 Å². The monoisotopic (exact) mass is 369 g/mol. The maximum Gasteiger partial charge on any atom is 0.0480 e. The van der Waals surface area contributed by atoms with Crippen LogP contribution in [-0.2, 0) is 0 Å². The van der Waals surface area contributed by atoms with Crippen molar-refractivity contribution in [3.05, 3.63) is 103 Å². The van der Waals surface area contributed by atoms with E-state index in [9.17, 15) is 0 Å². The molecule has 0 amide bonds. The zero-order valence-corrected chi connectivity index (χ0v) is 15.9. The van der Waals surface area contributed by atoms with Gasteiger partial charge in [-0.15, -0.1) is 0 Å². The third-order valence-electron chi connectivity index (χ3n) is 6.01. The molecule has 0 heterocycles. The molecule has 0 radical (unpaired) electrons. The number of benzene rings is 6. The van der Waals surface area contributed by atoms with Crippen LogP contribution in [-0.4, -0.2) is 0 Å². The molecule has 0 aliphatic heterocycles. The van der Waals surface area contributed by atoms with Crippen molar-refractivity contribution in [2.24, 2.45) is 0 Å². The minimum Gasteiger partial charge on any atom is -0.398 e. The highest BCUT2D eigenvalue weighted by atomic mass is 14.6. The van der Waals surface area contributed by atoms with Crippen LogP contribution in [0.5, 0.6) is 0 Å². The molecule has 0 fully saturated rings. The highest BCUT2D eigenvalue weighted by molar-refractivity contribution is 6.24. The fourth-order valence-corrected chi connectivity index (χ4v) is 4.72. The summed E-state index contributed by atoms with van der Waals surface area (Å²) >= 11 is 0. The molecule has 0 aliphatic carbocycles. The maximum atomic E-state index is 6.85. The van der Waals surface area contributed by atoms with Crippen molar-refractivity contribution in [2.45, 2.75) is 0 Å². The molecule has 0 saturated carbocycles. The zero-order chi connectivity index (χ0) is 19.4. The zero-order valence-electron chi connectivity index (χ0n) is 15.9. The van der Waals surface area contributed by atoms with E-state index >= 15 is 0 Å². The largest absolute Gasteiger partial charge is 0.398 e. The van der Waals surface area contributed by atoms with Crippen molar-refractivity contribution in [1.29, 1.82) is 0 Å². The van der Waals surface area contributed by atoms with Crippen LogP contribution >= 0.6 is 0 Å². The lowest BCUT2D eigenvalue weighted by Gasteiger charge is -2.18. The van der Waals surface area contributed by atoms with Crippen LogP contribution < -0.4 is 5.73 Å². The molecule has 0 bridgehead atoms. The summed E-state index contributed by atoms with van der Waals surface area (Å²) in [7, 11) is 0. The van der Waals surface area contributed by atoms with E-state index in [0.717, 1.165) is 16.6 Å². The number of anilines is 1. The topological polar surface area (TPSA) is 26.0 Å². The molecule has 0 unspecified atom stereocenters. The Balaban J connectivity index is 1.88. The van der Waals surface area contributed by atoms with E-state index in [1.165, 1.54) is 43.3 Å². The van der Waals surface area contributed by atoms with Gasteiger partial charge in [-0.25, -0.2) is 0 Å². The van der Waals surface area contributed by atoms with Crippen LogP contribution in [0, 0.1) is 0 Å². The Morgan fingerprint density at radius 3 is 1.55 bits per heavy atom. The van der Waals surface area contributed by atoms with Gasteiger partial charge in [0.05, 0.1) is 0 Å². The first-order valence-corrected chi connectivity index (χ1v) is 9.93. The van der Waals surface area contributed by atoms with Crippen LogP contribution in [0.25, 0.3) is 54.2 Å². The summed E-state index contributed by atoms with van der Waals surface area (Å²) in [6.45, 7) is 0. The molecule has 2 N–H and O–H groups in total. The number of nitrogen functional groups attached to an aromatic ring is 1. The summed E-state index contributed by atoms with van der Waals surface area (Å²) in [6.07, 6.45) is 0. The smallest absolute Gasteiger partial charge is 0.0480 e. The van der Waals surface area contributed by atoms with E-state index in [1.54, 1.807) is 0 Å². The Kier molecular flexibility index (Phi) is 3.39. The van der Waals surface area contributed by atoms with Crippen molar-refractivity contribution in [3.63, 3.8) is 0 Å². The van der Waals surface area contributed by atoms with Gasteiger partial charge in [0, 0.05) is 16.6 Å². The Hall–Kier alpha value is -3.84. The van der Waals surface area contributed by atoms with Gasteiger partial charge >= 0.3 is 0 Å². The van der Waals surface area contributed by atoms with E-state index in [-0.39, 0.29) is 0 Å². The summed E-state index contributed by atoms with van der Waals surface area (Å²) in [4.78, 5) is 0. The predicted octanol–water partition coefficient (Wildman–Crippen LogP) is 7.55. The standard InChI is InChI=1S/C28H19N/c29-28-25-16-8-6-13-22(25)21-12-5-7-15-24(21)27(28)26-17-18-9-1-2-10-19(18)20-11-3-4-14-23(20)26/h1-17H,29H2. The normalized spacial score (nSPS) is 11.6. The van der Waals surface area contributed by atoms with E-state index in [1.807, 2.05) is 0 Å². The van der Waals surface area contributed by atoms with Crippen molar-refractivity contribution in [3.8, 4) is 11.1 Å². The number of fused-ring (bicyclic) bond motifs is 6. The van der Waals surface area contributed by atoms with Gasteiger partial charge in [-0.05, 0) is 49.3 Å². The SMILES string of the molecule is Nc1c(-c2cc3ccccc3c3ccccc23)c2ccccc2c2ccccc12. The lowest BCUT2D eigenvalue weighted by molar-refractivity contribution is 1.70. The molecule has 136 valence electrons. The van der Waals surface area contributed by atoms with Crippen LogP contribution in [0.1, 0.15) is 0 Å². The first kappa shape index (κ1) is 16.1. The van der Waals surface area contributed by atoms with Gasteiger partial charge in [0.1, 0.15) is 0 Å². The second-order valence-electron chi connectivity index (χ2n) is 7.57. The summed E-state index contributed by atoms with van der Waals surface area (Å²) in [5.74, 6) is 0. The van der Waals surface area contributed by atoms with Crippen LogP contribution in [0.4, 0.5) is 5.69 Å². The van der Waals surface area contributed by atoms with Crippen molar-refractivity contribution < 1.29 is 0 Å². The quantitative estimate of drug-likeness (QED) is 0.235. The number of nitrogens with two attached hydrogens (primary N) is 1. The molecule has 6 rings (SSSR count). The van der Waals surface area contributed by atoms with Gasteiger partial charge in [-0.2, -0.15) is 0 Å². The molecule has 0 atom stereocenters. The Morgan fingerprint density at radius 1 is 0.414 bits per heavy atom. The van der Waals surface area contributed by atoms with E-state index < -0.39 is 0 Å². The molecule has 29 heavy (non-hydrogen) atoms. The van der Waals surface area contributed by atoms with Gasteiger partial charge in [0.15, 0.2) is 0 Å². The molecule has 1 nitrogen and oxygen atoms in total. The minimum absolute atomic E-state index is 0.847. The van der Waals surface area contributed by atoms with Gasteiger partial charge < -0.3 is 5.73 Å². The van der Waals surface area contributed by atoms with Gasteiger partial charge in [0.25, 0.3) is 0 Å². The van der Waals surface area contributed by atoms with Crippen molar-refractivity contribution in [1.82, 2.24) is 0 Å². The average Bonchev–Trinajstić information content (AvgIpc) is 2.79. The first-order chi connectivity index (χ1) is 14.3. The summed E-state index contributed by atoms with van der Waals surface area (Å²) in [5.41, 5.74) is 10.0. The fourth-order valence-electron chi connectivity index (χ4n) is 4.72. The second kappa shape index (κ2) is 6.08. The first-order valence-electron chi connectivity index (χ1n) is 9.93. The highest BCUT2D eigenvalue weighted by Crippen LogP contribution is 2.44. The van der Waals surface area contributed by atoms with Gasteiger partial charge in [-0.3, -0.25) is 0 Å². The van der Waals surface area contributed by atoms with Gasteiger partial charge in [0.2, 0.25) is 0 Å². The van der Waals surface area contributed by atoms with Crippen molar-refractivity contribution >= 4 is 48.8 Å². The lowest BCUT2D eigenvalue weighted by atomic mass is 9.87. The average molecular weight is 369 g/mol. The molecule has 0 aliphatic rings. The highest BCUT2D eigenvalue weighted by Gasteiger charge is 2.16. The lowest BCUT2D eigenvalue weighted by Crippen LogP contribution is -1.95.